The van der Waals surface area contributed by atoms with Gasteiger partial charge in [0, 0.05) is 0 Å². The summed E-state index contributed by atoms with van der Waals surface area (Å²) in [4.78, 5) is 0. The molecule has 0 spiro atoms. The molecule has 0 nitrogen and oxygen atoms in total. The summed E-state index contributed by atoms with van der Waals surface area (Å²) in [5, 5.41) is 0. The second kappa shape index (κ2) is 3.36. The maximum Gasteiger partial charge on any atom is -0.0238 e. The third-order valence-electron chi connectivity index (χ3n) is 7.24. The van der Waals surface area contributed by atoms with Gasteiger partial charge in [-0.15, -0.1) is 0 Å². The highest BCUT2D eigenvalue weighted by Crippen LogP contribution is 2.73. The summed E-state index contributed by atoms with van der Waals surface area (Å²) in [6.07, 6.45) is 9.20. The molecule has 0 radical (unpaired) electrons. The van der Waals surface area contributed by atoms with E-state index in [4.69, 9.17) is 0 Å². The second-order valence-electron chi connectivity index (χ2n) is 10.0. The Bertz CT molecular complexity index is 303. The molecule has 0 heteroatoms. The maximum absolute atomic E-state index is 2.51. The zero-order chi connectivity index (χ0) is 13.4. The first-order valence-electron chi connectivity index (χ1n) is 8.07. The highest BCUT2D eigenvalue weighted by Gasteiger charge is 2.63. The predicted molar refractivity (Wildman–Crippen MR) is 78.5 cm³/mol. The predicted octanol–water partition coefficient (Wildman–Crippen LogP) is 5.67. The zero-order valence-corrected chi connectivity index (χ0v) is 13.4. The molecule has 4 aliphatic carbocycles. The molecule has 4 rings (SSSR count). The Morgan fingerprint density at radius 2 is 1.00 bits per heavy atom. The molecule has 0 heterocycles. The van der Waals surface area contributed by atoms with Gasteiger partial charge in [-0.1, -0.05) is 41.5 Å². The molecule has 0 aromatic carbocycles. The van der Waals surface area contributed by atoms with Crippen LogP contribution in [-0.4, -0.2) is 0 Å². The van der Waals surface area contributed by atoms with Crippen LogP contribution in [0.2, 0.25) is 0 Å². The van der Waals surface area contributed by atoms with Crippen LogP contribution < -0.4 is 0 Å². The molecule has 0 aromatic heterocycles. The Balaban J connectivity index is 2.03. The summed E-state index contributed by atoms with van der Waals surface area (Å²) in [6.45, 7) is 15.1. The quantitative estimate of drug-likeness (QED) is 0.518. The summed E-state index contributed by atoms with van der Waals surface area (Å²) >= 11 is 0. The van der Waals surface area contributed by atoms with Crippen molar-refractivity contribution >= 4 is 0 Å². The van der Waals surface area contributed by atoms with Crippen LogP contribution in [0.3, 0.4) is 0 Å². The number of rotatable bonds is 0. The SMILES string of the molecule is CC(C)(C)C12CC3CC(C1)CC(C(C)(C)C)(C3)C2. The normalized spacial score (nSPS) is 47.7. The molecule has 0 amide bonds. The minimum Gasteiger partial charge on any atom is -0.0596 e. The highest BCUT2D eigenvalue weighted by molar-refractivity contribution is 5.13. The lowest BCUT2D eigenvalue weighted by Gasteiger charge is -2.69. The Hall–Kier alpha value is 0. The Labute approximate surface area is 114 Å². The van der Waals surface area contributed by atoms with E-state index in [1.807, 2.05) is 0 Å². The van der Waals surface area contributed by atoms with Gasteiger partial charge in [-0.3, -0.25) is 0 Å². The summed E-state index contributed by atoms with van der Waals surface area (Å²) < 4.78 is 0. The molecule has 0 N–H and O–H groups in total. The van der Waals surface area contributed by atoms with E-state index in [0.29, 0.717) is 21.7 Å². The Morgan fingerprint density at radius 1 is 0.667 bits per heavy atom. The van der Waals surface area contributed by atoms with Crippen molar-refractivity contribution in [1.29, 1.82) is 0 Å². The van der Waals surface area contributed by atoms with E-state index in [-0.39, 0.29) is 0 Å². The van der Waals surface area contributed by atoms with E-state index in [1.165, 1.54) is 32.1 Å². The largest absolute Gasteiger partial charge is 0.0596 e. The average Bonchev–Trinajstić information content (AvgIpc) is 2.11. The van der Waals surface area contributed by atoms with Gasteiger partial charge in [0.15, 0.2) is 0 Å². The van der Waals surface area contributed by atoms with Gasteiger partial charge in [-0.05, 0) is 72.0 Å². The van der Waals surface area contributed by atoms with Crippen molar-refractivity contribution in [3.8, 4) is 0 Å². The molecular weight excluding hydrogens is 216 g/mol. The lowest BCUT2D eigenvalue weighted by Crippen LogP contribution is -2.59. The Morgan fingerprint density at radius 3 is 1.28 bits per heavy atom. The molecule has 4 aliphatic rings. The summed E-state index contributed by atoms with van der Waals surface area (Å²) in [6, 6.07) is 0. The van der Waals surface area contributed by atoms with Gasteiger partial charge in [0.05, 0.1) is 0 Å². The van der Waals surface area contributed by atoms with Crippen LogP contribution >= 0.6 is 0 Å². The van der Waals surface area contributed by atoms with E-state index < -0.39 is 0 Å². The molecule has 0 aromatic rings. The minimum atomic E-state index is 0.501. The highest BCUT2D eigenvalue weighted by atomic mass is 14.7. The van der Waals surface area contributed by atoms with Crippen LogP contribution in [0.25, 0.3) is 0 Å². The topological polar surface area (TPSA) is 0 Å². The monoisotopic (exact) mass is 248 g/mol. The van der Waals surface area contributed by atoms with Crippen molar-refractivity contribution in [3.63, 3.8) is 0 Å². The molecule has 104 valence electrons. The first kappa shape index (κ1) is 13.0. The lowest BCUT2D eigenvalue weighted by atomic mass is 9.36. The molecule has 0 aliphatic heterocycles. The third kappa shape index (κ3) is 1.56. The van der Waals surface area contributed by atoms with Crippen molar-refractivity contribution < 1.29 is 0 Å². The number of hydrogen-bond donors (Lipinski definition) is 0. The van der Waals surface area contributed by atoms with Crippen LogP contribution in [0.15, 0.2) is 0 Å². The summed E-state index contributed by atoms with van der Waals surface area (Å²) in [5.41, 5.74) is 2.32. The van der Waals surface area contributed by atoms with Gasteiger partial charge in [-0.25, -0.2) is 0 Å². The van der Waals surface area contributed by atoms with Gasteiger partial charge < -0.3 is 0 Å². The van der Waals surface area contributed by atoms with E-state index in [2.05, 4.69) is 41.5 Å². The summed E-state index contributed by atoms with van der Waals surface area (Å²) in [5.74, 6) is 2.09. The molecule has 0 unspecified atom stereocenters. The van der Waals surface area contributed by atoms with Crippen LogP contribution in [0.1, 0.15) is 80.1 Å². The van der Waals surface area contributed by atoms with Crippen LogP contribution in [0.5, 0.6) is 0 Å². The van der Waals surface area contributed by atoms with Gasteiger partial charge in [-0.2, -0.15) is 0 Å². The fourth-order valence-corrected chi connectivity index (χ4v) is 6.02. The first-order chi connectivity index (χ1) is 8.07. The molecule has 18 heavy (non-hydrogen) atoms. The minimum absolute atomic E-state index is 0.501. The van der Waals surface area contributed by atoms with E-state index in [9.17, 15) is 0 Å². The van der Waals surface area contributed by atoms with E-state index in [0.717, 1.165) is 11.8 Å². The smallest absolute Gasteiger partial charge is 0.0238 e. The second-order valence-corrected chi connectivity index (χ2v) is 10.0. The van der Waals surface area contributed by atoms with Crippen molar-refractivity contribution in [2.24, 2.45) is 33.5 Å². The zero-order valence-electron chi connectivity index (χ0n) is 13.4. The molecule has 4 bridgehead atoms. The van der Waals surface area contributed by atoms with Gasteiger partial charge in [0.2, 0.25) is 0 Å². The molecule has 4 saturated carbocycles. The van der Waals surface area contributed by atoms with Gasteiger partial charge >= 0.3 is 0 Å². The first-order valence-corrected chi connectivity index (χ1v) is 8.07. The van der Waals surface area contributed by atoms with Crippen molar-refractivity contribution in [3.05, 3.63) is 0 Å². The van der Waals surface area contributed by atoms with Crippen molar-refractivity contribution in [1.82, 2.24) is 0 Å². The van der Waals surface area contributed by atoms with E-state index >= 15 is 0 Å². The van der Waals surface area contributed by atoms with Gasteiger partial charge in [0.1, 0.15) is 0 Å². The van der Waals surface area contributed by atoms with Crippen LogP contribution in [-0.2, 0) is 0 Å². The van der Waals surface area contributed by atoms with Crippen molar-refractivity contribution in [2.45, 2.75) is 80.1 Å². The standard InChI is InChI=1S/C18H32/c1-15(2,3)17-8-13-7-14(9-17)11-18(10-13,12-17)16(4,5)6/h13-14H,7-12H2,1-6H3. The summed E-state index contributed by atoms with van der Waals surface area (Å²) in [7, 11) is 0. The third-order valence-corrected chi connectivity index (χ3v) is 7.24. The van der Waals surface area contributed by atoms with E-state index in [1.54, 1.807) is 6.42 Å². The molecule has 4 fully saturated rings. The van der Waals surface area contributed by atoms with Crippen molar-refractivity contribution in [2.75, 3.05) is 0 Å². The number of hydrogen-bond acceptors (Lipinski definition) is 0. The van der Waals surface area contributed by atoms with Crippen LogP contribution in [0.4, 0.5) is 0 Å². The lowest BCUT2D eigenvalue weighted by molar-refractivity contribution is -0.191. The molecule has 0 atom stereocenters. The fraction of sp³-hybridized carbons (Fsp3) is 1.00. The fourth-order valence-electron chi connectivity index (χ4n) is 6.02. The Kier molecular flexibility index (Phi) is 2.43. The maximum atomic E-state index is 2.51. The van der Waals surface area contributed by atoms with Crippen LogP contribution in [0, 0.1) is 33.5 Å². The molecule has 0 saturated heterocycles. The van der Waals surface area contributed by atoms with Gasteiger partial charge in [0.25, 0.3) is 0 Å². The average molecular weight is 248 g/mol. The molecular formula is C18H32.